The highest BCUT2D eigenvalue weighted by Gasteiger charge is 2.30. The van der Waals surface area contributed by atoms with E-state index < -0.39 is 16.0 Å². The predicted molar refractivity (Wildman–Crippen MR) is 131 cm³/mol. The molecule has 0 atom stereocenters. The smallest absolute Gasteiger partial charge is 0.338 e. The van der Waals surface area contributed by atoms with E-state index in [2.05, 4.69) is 5.32 Å². The summed E-state index contributed by atoms with van der Waals surface area (Å²) in [5, 5.41) is 2.92. The Bertz CT molecular complexity index is 1170. The number of benzene rings is 2. The molecule has 0 spiro atoms. The molecule has 9 nitrogen and oxygen atoms in total. The van der Waals surface area contributed by atoms with E-state index in [1.165, 1.54) is 29.6 Å². The van der Waals surface area contributed by atoms with Gasteiger partial charge in [0, 0.05) is 25.2 Å². The molecule has 1 aliphatic heterocycles. The van der Waals surface area contributed by atoms with E-state index in [1.54, 1.807) is 0 Å². The summed E-state index contributed by atoms with van der Waals surface area (Å²) in [6.45, 7) is 6.98. The van der Waals surface area contributed by atoms with Crippen LogP contribution in [0.1, 0.15) is 39.9 Å². The van der Waals surface area contributed by atoms with Crippen molar-refractivity contribution in [2.24, 2.45) is 0 Å². The summed E-state index contributed by atoms with van der Waals surface area (Å²) in [5.41, 5.74) is 4.00. The Morgan fingerprint density at radius 3 is 2.34 bits per heavy atom. The summed E-state index contributed by atoms with van der Waals surface area (Å²) >= 11 is 0. The maximum atomic E-state index is 13.1. The minimum Gasteiger partial charge on any atom is -0.495 e. The molecule has 190 valence electrons. The van der Waals surface area contributed by atoms with Crippen LogP contribution in [0.3, 0.4) is 0 Å². The fourth-order valence-electron chi connectivity index (χ4n) is 3.99. The van der Waals surface area contributed by atoms with Crippen LogP contribution in [-0.4, -0.2) is 64.6 Å². The monoisotopic (exact) mass is 504 g/mol. The largest absolute Gasteiger partial charge is 0.495 e. The van der Waals surface area contributed by atoms with Crippen LogP contribution >= 0.6 is 0 Å². The highest BCUT2D eigenvalue weighted by atomic mass is 32.2. The quantitative estimate of drug-likeness (QED) is 0.412. The number of methoxy groups -OCH3 is 1. The molecule has 2 aromatic rings. The second-order valence-electron chi connectivity index (χ2n) is 8.44. The van der Waals surface area contributed by atoms with Gasteiger partial charge >= 0.3 is 5.97 Å². The molecule has 2 aromatic carbocycles. The summed E-state index contributed by atoms with van der Waals surface area (Å²) in [7, 11) is -2.50. The van der Waals surface area contributed by atoms with Gasteiger partial charge in [-0.2, -0.15) is 4.31 Å². The van der Waals surface area contributed by atoms with E-state index >= 15 is 0 Å². The number of hydrogen-bond donors (Lipinski definition) is 1. The summed E-state index contributed by atoms with van der Waals surface area (Å²) in [6.07, 6.45) is 0.510. The van der Waals surface area contributed by atoms with E-state index in [-0.39, 0.29) is 48.2 Å². The van der Waals surface area contributed by atoms with Gasteiger partial charge in [0.25, 0.3) is 0 Å². The Labute approximate surface area is 206 Å². The van der Waals surface area contributed by atoms with Crippen LogP contribution in [0.2, 0.25) is 0 Å². The molecule has 0 aromatic heterocycles. The molecule has 1 N–H and O–H groups in total. The lowest BCUT2D eigenvalue weighted by molar-refractivity contribution is -0.116. The summed E-state index contributed by atoms with van der Waals surface area (Å²) in [5.74, 6) is -0.692. The van der Waals surface area contributed by atoms with Crippen LogP contribution in [0.25, 0.3) is 0 Å². The van der Waals surface area contributed by atoms with Gasteiger partial charge in [-0.05, 0) is 56.5 Å². The minimum absolute atomic E-state index is 0.0235. The number of carbonyl (C=O) groups is 2. The van der Waals surface area contributed by atoms with Crippen molar-refractivity contribution in [2.45, 2.75) is 38.5 Å². The van der Waals surface area contributed by atoms with Gasteiger partial charge in [0.15, 0.2) is 0 Å². The molecule has 10 heteroatoms. The first-order valence-corrected chi connectivity index (χ1v) is 12.9. The molecule has 1 amide bonds. The van der Waals surface area contributed by atoms with Crippen LogP contribution in [0.5, 0.6) is 5.75 Å². The highest BCUT2D eigenvalue weighted by Crippen LogP contribution is 2.29. The molecule has 3 rings (SSSR count). The van der Waals surface area contributed by atoms with Crippen molar-refractivity contribution in [3.8, 4) is 5.75 Å². The zero-order valence-electron chi connectivity index (χ0n) is 20.5. The average molecular weight is 505 g/mol. The van der Waals surface area contributed by atoms with Crippen molar-refractivity contribution >= 4 is 27.6 Å². The number of morpholine rings is 1. The maximum Gasteiger partial charge on any atom is 0.338 e. The fourth-order valence-corrected chi connectivity index (χ4v) is 5.58. The normalized spacial score (nSPS) is 14.4. The third-order valence-electron chi connectivity index (χ3n) is 5.71. The predicted octanol–water partition coefficient (Wildman–Crippen LogP) is 3.22. The zero-order valence-corrected chi connectivity index (χ0v) is 21.4. The van der Waals surface area contributed by atoms with E-state index in [9.17, 15) is 18.0 Å². The Balaban J connectivity index is 1.58. The number of rotatable bonds is 9. The van der Waals surface area contributed by atoms with Crippen LogP contribution in [-0.2, 0) is 24.3 Å². The first-order chi connectivity index (χ1) is 16.6. The molecule has 0 radical (unpaired) electrons. The molecule has 35 heavy (non-hydrogen) atoms. The van der Waals surface area contributed by atoms with Crippen molar-refractivity contribution in [1.82, 2.24) is 4.31 Å². The maximum absolute atomic E-state index is 13.1. The molecule has 0 aliphatic carbocycles. The third kappa shape index (κ3) is 6.59. The second-order valence-corrected chi connectivity index (χ2v) is 10.3. The summed E-state index contributed by atoms with van der Waals surface area (Å²) in [6, 6.07) is 8.17. The number of nitrogens with one attached hydrogen (secondary N) is 1. The highest BCUT2D eigenvalue weighted by molar-refractivity contribution is 7.89. The van der Waals surface area contributed by atoms with Crippen molar-refractivity contribution in [3.05, 3.63) is 52.6 Å². The molecule has 1 saturated heterocycles. The second kappa shape index (κ2) is 11.7. The van der Waals surface area contributed by atoms with Gasteiger partial charge in [-0.3, -0.25) is 4.79 Å². The number of aryl methyl sites for hydroxylation is 3. The Kier molecular flexibility index (Phi) is 8.87. The van der Waals surface area contributed by atoms with E-state index in [0.29, 0.717) is 19.6 Å². The Morgan fingerprint density at radius 2 is 1.71 bits per heavy atom. The van der Waals surface area contributed by atoms with Crippen molar-refractivity contribution in [3.63, 3.8) is 0 Å². The first-order valence-electron chi connectivity index (χ1n) is 11.4. The van der Waals surface area contributed by atoms with Crippen LogP contribution in [0, 0.1) is 20.8 Å². The number of amides is 1. The minimum atomic E-state index is -3.87. The standard InChI is InChI=1S/C25H32N2O7S/c1-17-14-18(2)24(19(3)15-17)26-23(28)6-5-11-34-25(29)20-7-8-21(32-4)22(16-20)35(30,31)27-9-12-33-13-10-27/h7-8,14-16H,5-6,9-13H2,1-4H3,(H,26,28). The van der Waals surface area contributed by atoms with E-state index in [4.69, 9.17) is 14.2 Å². The fraction of sp³-hybridized carbons (Fsp3) is 0.440. The van der Waals surface area contributed by atoms with Crippen LogP contribution in [0.4, 0.5) is 5.69 Å². The molecule has 1 aliphatic rings. The molecule has 1 fully saturated rings. The number of anilines is 1. The van der Waals surface area contributed by atoms with E-state index in [1.807, 2.05) is 32.9 Å². The average Bonchev–Trinajstić information content (AvgIpc) is 2.84. The molecular weight excluding hydrogens is 472 g/mol. The Hall–Kier alpha value is -2.95. The molecule has 0 unspecified atom stereocenters. The lowest BCUT2D eigenvalue weighted by Crippen LogP contribution is -2.40. The number of carbonyl (C=O) groups excluding carboxylic acids is 2. The van der Waals surface area contributed by atoms with Gasteiger partial charge in [-0.25, -0.2) is 13.2 Å². The number of sulfonamides is 1. The first kappa shape index (κ1) is 26.7. The topological polar surface area (TPSA) is 111 Å². The SMILES string of the molecule is COc1ccc(C(=O)OCCCC(=O)Nc2c(C)cc(C)cc2C)cc1S(=O)(=O)N1CCOCC1. The van der Waals surface area contributed by atoms with Gasteiger partial charge in [0.2, 0.25) is 15.9 Å². The molecular formula is C25H32N2O7S. The van der Waals surface area contributed by atoms with Gasteiger partial charge in [-0.15, -0.1) is 0 Å². The van der Waals surface area contributed by atoms with Gasteiger partial charge in [0.05, 0.1) is 32.5 Å². The van der Waals surface area contributed by atoms with Crippen molar-refractivity contribution in [1.29, 1.82) is 0 Å². The van der Waals surface area contributed by atoms with Crippen LogP contribution < -0.4 is 10.1 Å². The Morgan fingerprint density at radius 1 is 1.06 bits per heavy atom. The lowest BCUT2D eigenvalue weighted by Gasteiger charge is -2.26. The zero-order chi connectivity index (χ0) is 25.6. The molecule has 0 bridgehead atoms. The number of ether oxygens (including phenoxy) is 3. The van der Waals surface area contributed by atoms with Crippen LogP contribution in [0.15, 0.2) is 35.2 Å². The number of hydrogen-bond acceptors (Lipinski definition) is 7. The van der Waals surface area contributed by atoms with Gasteiger partial charge in [-0.1, -0.05) is 17.7 Å². The van der Waals surface area contributed by atoms with E-state index in [0.717, 1.165) is 22.4 Å². The summed E-state index contributed by atoms with van der Waals surface area (Å²) < 4.78 is 43.2. The number of nitrogens with zero attached hydrogens (tertiary/aromatic N) is 1. The van der Waals surface area contributed by atoms with Crippen molar-refractivity contribution < 1.29 is 32.2 Å². The number of esters is 1. The molecule has 0 saturated carbocycles. The summed E-state index contributed by atoms with van der Waals surface area (Å²) in [4.78, 5) is 24.8. The van der Waals surface area contributed by atoms with Crippen molar-refractivity contribution in [2.75, 3.05) is 45.3 Å². The van der Waals surface area contributed by atoms with Gasteiger partial charge in [0.1, 0.15) is 10.6 Å². The lowest BCUT2D eigenvalue weighted by atomic mass is 10.0. The van der Waals surface area contributed by atoms with Gasteiger partial charge < -0.3 is 19.5 Å². The molecule has 1 heterocycles. The third-order valence-corrected chi connectivity index (χ3v) is 7.63.